The van der Waals surface area contributed by atoms with Crippen LogP contribution in [-0.4, -0.2) is 15.0 Å². The fourth-order valence-corrected chi connectivity index (χ4v) is 1.77. The summed E-state index contributed by atoms with van der Waals surface area (Å²) in [6.45, 7) is 0. The topological polar surface area (TPSA) is 84.7 Å². The highest BCUT2D eigenvalue weighted by molar-refractivity contribution is 9.10. The Bertz CT molecular complexity index is 578. The highest BCUT2D eigenvalue weighted by Crippen LogP contribution is 2.27. The van der Waals surface area contributed by atoms with E-state index in [-0.39, 0.29) is 17.3 Å². The van der Waals surface area contributed by atoms with Crippen molar-refractivity contribution < 1.29 is 4.39 Å². The molecule has 0 unspecified atom stereocenters. The number of aromatic amines is 1. The molecule has 0 fully saturated rings. The van der Waals surface area contributed by atoms with Crippen LogP contribution in [0.5, 0.6) is 0 Å². The van der Waals surface area contributed by atoms with Crippen LogP contribution < -0.4 is 11.4 Å². The van der Waals surface area contributed by atoms with Gasteiger partial charge in [-0.25, -0.2) is 9.18 Å². The second-order valence-corrected chi connectivity index (χ2v) is 3.81. The standard InChI is InChI=1S/C9H6BrFN4O/c10-4-2-1-3-5(11)6(4)7-13-8(12)15-9(16)14-7/h1-3H,(H3,12,13,14,15,16). The molecule has 7 heteroatoms. The molecule has 1 heterocycles. The van der Waals surface area contributed by atoms with E-state index in [0.29, 0.717) is 4.47 Å². The molecule has 2 aromatic rings. The van der Waals surface area contributed by atoms with Crippen LogP contribution in [0.25, 0.3) is 11.4 Å². The summed E-state index contributed by atoms with van der Waals surface area (Å²) in [5.74, 6) is -0.667. The van der Waals surface area contributed by atoms with E-state index in [1.54, 1.807) is 6.07 Å². The number of benzene rings is 1. The molecule has 0 bridgehead atoms. The van der Waals surface area contributed by atoms with E-state index < -0.39 is 11.5 Å². The molecule has 1 aromatic heterocycles. The molecule has 16 heavy (non-hydrogen) atoms. The molecular formula is C9H6BrFN4O. The summed E-state index contributed by atoms with van der Waals surface area (Å²) in [4.78, 5) is 20.5. The van der Waals surface area contributed by atoms with Crippen molar-refractivity contribution in [3.05, 3.63) is 39.0 Å². The molecule has 2 rings (SSSR count). The predicted octanol–water partition coefficient (Wildman–Crippen LogP) is 1.32. The van der Waals surface area contributed by atoms with Gasteiger partial charge < -0.3 is 5.73 Å². The largest absolute Gasteiger partial charge is 0.368 e. The van der Waals surface area contributed by atoms with Crippen molar-refractivity contribution in [1.29, 1.82) is 0 Å². The van der Waals surface area contributed by atoms with Gasteiger partial charge in [0.15, 0.2) is 0 Å². The third-order valence-corrected chi connectivity index (χ3v) is 2.53. The second-order valence-electron chi connectivity index (χ2n) is 2.96. The number of rotatable bonds is 1. The van der Waals surface area contributed by atoms with Crippen LogP contribution in [0, 0.1) is 5.82 Å². The average Bonchev–Trinajstić information content (AvgIpc) is 2.15. The lowest BCUT2D eigenvalue weighted by molar-refractivity contribution is 0.629. The first-order chi connectivity index (χ1) is 7.58. The van der Waals surface area contributed by atoms with Crippen molar-refractivity contribution in [3.63, 3.8) is 0 Å². The Kier molecular flexibility index (Phi) is 2.69. The number of halogens is 2. The van der Waals surface area contributed by atoms with Gasteiger partial charge in [-0.3, -0.25) is 4.98 Å². The predicted molar refractivity (Wildman–Crippen MR) is 60.2 cm³/mol. The summed E-state index contributed by atoms with van der Waals surface area (Å²) in [6.07, 6.45) is 0. The highest BCUT2D eigenvalue weighted by Gasteiger charge is 2.12. The highest BCUT2D eigenvalue weighted by atomic mass is 79.9. The van der Waals surface area contributed by atoms with Crippen LogP contribution in [0.1, 0.15) is 0 Å². The summed E-state index contributed by atoms with van der Waals surface area (Å²) < 4.78 is 14.0. The van der Waals surface area contributed by atoms with E-state index in [0.717, 1.165) is 0 Å². The number of nitrogens with zero attached hydrogens (tertiary/aromatic N) is 2. The Labute approximate surface area is 97.7 Å². The molecule has 0 amide bonds. The summed E-state index contributed by atoms with van der Waals surface area (Å²) in [6, 6.07) is 4.43. The van der Waals surface area contributed by atoms with Gasteiger partial charge in [-0.1, -0.05) is 6.07 Å². The fraction of sp³-hybridized carbons (Fsp3) is 0. The van der Waals surface area contributed by atoms with Crippen LogP contribution in [0.2, 0.25) is 0 Å². The van der Waals surface area contributed by atoms with Gasteiger partial charge in [0, 0.05) is 4.47 Å². The first kappa shape index (κ1) is 10.7. The average molecular weight is 285 g/mol. The number of hydrogen-bond donors (Lipinski definition) is 2. The number of anilines is 1. The Hall–Kier alpha value is -1.76. The minimum absolute atomic E-state index is 0.0440. The monoisotopic (exact) mass is 284 g/mol. The maximum absolute atomic E-state index is 13.5. The zero-order chi connectivity index (χ0) is 11.7. The lowest BCUT2D eigenvalue weighted by Crippen LogP contribution is -2.16. The third kappa shape index (κ3) is 1.94. The molecule has 1 aromatic carbocycles. The molecule has 0 aliphatic heterocycles. The van der Waals surface area contributed by atoms with Gasteiger partial charge in [0.1, 0.15) is 11.6 Å². The van der Waals surface area contributed by atoms with Crippen LogP contribution >= 0.6 is 15.9 Å². The van der Waals surface area contributed by atoms with Crippen molar-refractivity contribution in [3.8, 4) is 11.4 Å². The zero-order valence-electron chi connectivity index (χ0n) is 7.87. The molecule has 0 atom stereocenters. The van der Waals surface area contributed by atoms with Crippen molar-refractivity contribution in [1.82, 2.24) is 15.0 Å². The molecule has 5 nitrogen and oxygen atoms in total. The molecule has 0 saturated heterocycles. The summed E-state index contributed by atoms with van der Waals surface area (Å²) in [5.41, 5.74) is 4.80. The number of H-pyrrole nitrogens is 1. The molecule has 0 radical (unpaired) electrons. The van der Waals surface area contributed by atoms with E-state index in [1.165, 1.54) is 12.1 Å². The summed E-state index contributed by atoms with van der Waals surface area (Å²) in [7, 11) is 0. The van der Waals surface area contributed by atoms with Crippen LogP contribution in [0.3, 0.4) is 0 Å². The van der Waals surface area contributed by atoms with Gasteiger partial charge in [-0.15, -0.1) is 0 Å². The van der Waals surface area contributed by atoms with E-state index in [9.17, 15) is 9.18 Å². The van der Waals surface area contributed by atoms with E-state index in [1.807, 2.05) is 0 Å². The SMILES string of the molecule is Nc1nc(-c2c(F)cccc2Br)[nH]c(=O)n1. The minimum atomic E-state index is -0.669. The Morgan fingerprint density at radius 2 is 2.12 bits per heavy atom. The van der Waals surface area contributed by atoms with Crippen LogP contribution in [-0.2, 0) is 0 Å². The van der Waals surface area contributed by atoms with Gasteiger partial charge in [0.25, 0.3) is 0 Å². The summed E-state index contributed by atoms with van der Waals surface area (Å²) >= 11 is 3.17. The van der Waals surface area contributed by atoms with Crippen molar-refractivity contribution in [2.75, 3.05) is 5.73 Å². The molecule has 0 saturated carbocycles. The van der Waals surface area contributed by atoms with E-state index in [4.69, 9.17) is 5.73 Å². The quantitative estimate of drug-likeness (QED) is 0.827. The normalized spacial score (nSPS) is 10.4. The van der Waals surface area contributed by atoms with Crippen molar-refractivity contribution >= 4 is 21.9 Å². The molecular weight excluding hydrogens is 279 g/mol. The number of nitrogens with two attached hydrogens (primary N) is 1. The molecule has 3 N–H and O–H groups in total. The lowest BCUT2D eigenvalue weighted by Gasteiger charge is -2.04. The number of hydrogen-bond acceptors (Lipinski definition) is 4. The summed E-state index contributed by atoms with van der Waals surface area (Å²) in [5, 5.41) is 0. The maximum atomic E-state index is 13.5. The Morgan fingerprint density at radius 1 is 1.38 bits per heavy atom. The van der Waals surface area contributed by atoms with Gasteiger partial charge in [-0.05, 0) is 28.1 Å². The molecule has 82 valence electrons. The number of aromatic nitrogens is 3. The van der Waals surface area contributed by atoms with E-state index >= 15 is 0 Å². The number of nitrogen functional groups attached to an aromatic ring is 1. The molecule has 0 aliphatic rings. The van der Waals surface area contributed by atoms with Crippen molar-refractivity contribution in [2.45, 2.75) is 0 Å². The molecule has 0 spiro atoms. The Balaban J connectivity index is 2.72. The van der Waals surface area contributed by atoms with Gasteiger partial charge >= 0.3 is 5.69 Å². The Morgan fingerprint density at radius 3 is 2.75 bits per heavy atom. The van der Waals surface area contributed by atoms with Crippen LogP contribution in [0.4, 0.5) is 10.3 Å². The van der Waals surface area contributed by atoms with Gasteiger partial charge in [0.05, 0.1) is 5.56 Å². The maximum Gasteiger partial charge on any atom is 0.349 e. The van der Waals surface area contributed by atoms with Gasteiger partial charge in [-0.2, -0.15) is 9.97 Å². The van der Waals surface area contributed by atoms with Crippen LogP contribution in [0.15, 0.2) is 27.5 Å². The molecule has 0 aliphatic carbocycles. The fourth-order valence-electron chi connectivity index (χ4n) is 1.24. The van der Waals surface area contributed by atoms with Gasteiger partial charge in [0.2, 0.25) is 5.95 Å². The first-order valence-corrected chi connectivity index (χ1v) is 5.05. The number of nitrogens with one attached hydrogen (secondary N) is 1. The smallest absolute Gasteiger partial charge is 0.349 e. The first-order valence-electron chi connectivity index (χ1n) is 4.26. The van der Waals surface area contributed by atoms with Crippen molar-refractivity contribution in [2.24, 2.45) is 0 Å². The minimum Gasteiger partial charge on any atom is -0.368 e. The van der Waals surface area contributed by atoms with E-state index in [2.05, 4.69) is 30.9 Å². The lowest BCUT2D eigenvalue weighted by atomic mass is 10.2. The third-order valence-electron chi connectivity index (χ3n) is 1.87. The second kappa shape index (κ2) is 4.01. The zero-order valence-corrected chi connectivity index (χ0v) is 9.45.